The molecular weight excluding hydrogens is 374 g/mol. The molecule has 0 radical (unpaired) electrons. The van der Waals surface area contributed by atoms with Gasteiger partial charge in [0.05, 0.1) is 10.6 Å². The molecule has 9 nitrogen and oxygen atoms in total. The average Bonchev–Trinajstić information content (AvgIpc) is 2.71. The monoisotopic (exact) mass is 393 g/mol. The molecule has 0 bridgehead atoms. The number of nitro groups is 1. The summed E-state index contributed by atoms with van der Waals surface area (Å²) in [6.45, 7) is 1.99. The molecule has 0 saturated carbocycles. The summed E-state index contributed by atoms with van der Waals surface area (Å²) < 4.78 is 1.33. The first-order chi connectivity index (χ1) is 13.9. The second kappa shape index (κ2) is 8.87. The zero-order valence-corrected chi connectivity index (χ0v) is 15.7. The molecule has 148 valence electrons. The van der Waals surface area contributed by atoms with E-state index in [-0.39, 0.29) is 23.6 Å². The van der Waals surface area contributed by atoms with Crippen molar-refractivity contribution in [3.8, 4) is 11.3 Å². The summed E-state index contributed by atoms with van der Waals surface area (Å²) in [6, 6.07) is 11.0. The fourth-order valence-electron chi connectivity index (χ4n) is 2.79. The van der Waals surface area contributed by atoms with Crippen molar-refractivity contribution in [1.82, 2.24) is 14.8 Å². The van der Waals surface area contributed by atoms with Crippen LogP contribution in [0.25, 0.3) is 11.3 Å². The molecule has 9 heteroatoms. The maximum atomic E-state index is 12.2. The Bertz CT molecular complexity index is 1100. The summed E-state index contributed by atoms with van der Waals surface area (Å²) in [7, 11) is 0. The number of carbonyl (C=O) groups is 1. The number of aryl methyl sites for hydroxylation is 2. The quantitative estimate of drug-likeness (QED) is 0.487. The van der Waals surface area contributed by atoms with Gasteiger partial charge in [-0.05, 0) is 43.2 Å². The Morgan fingerprint density at radius 3 is 2.62 bits per heavy atom. The minimum Gasteiger partial charge on any atom is -0.326 e. The van der Waals surface area contributed by atoms with Crippen LogP contribution in [0.15, 0.2) is 59.7 Å². The maximum absolute atomic E-state index is 12.2. The number of nitro benzene ring substituents is 1. The predicted octanol–water partition coefficient (Wildman–Crippen LogP) is 2.94. The summed E-state index contributed by atoms with van der Waals surface area (Å²) in [4.78, 5) is 38.5. The van der Waals surface area contributed by atoms with Crippen LogP contribution in [0.4, 0.5) is 11.4 Å². The molecule has 1 N–H and O–H groups in total. The van der Waals surface area contributed by atoms with Gasteiger partial charge in [0, 0.05) is 54.8 Å². The van der Waals surface area contributed by atoms with Gasteiger partial charge in [-0.1, -0.05) is 0 Å². The highest BCUT2D eigenvalue weighted by molar-refractivity contribution is 5.91. The molecule has 0 aliphatic heterocycles. The summed E-state index contributed by atoms with van der Waals surface area (Å²) in [6.07, 6.45) is 3.91. The number of pyridine rings is 1. The molecule has 29 heavy (non-hydrogen) atoms. The number of nitrogens with zero attached hydrogens (tertiary/aromatic N) is 4. The number of anilines is 1. The van der Waals surface area contributed by atoms with Crippen LogP contribution >= 0.6 is 0 Å². The standard InChI is InChI=1S/C20H19N5O4/c1-14-13-16(25(28)29)4-5-17(14)22-19(26)3-2-12-24-20(27)7-6-18(23-24)15-8-10-21-11-9-15/h4-11,13H,2-3,12H2,1H3,(H,22,26). The van der Waals surface area contributed by atoms with Gasteiger partial charge < -0.3 is 5.32 Å². The normalized spacial score (nSPS) is 10.5. The Kier molecular flexibility index (Phi) is 6.08. The number of nitrogens with one attached hydrogen (secondary N) is 1. The molecule has 0 atom stereocenters. The Labute approximate surface area is 166 Å². The minimum absolute atomic E-state index is 0.0278. The van der Waals surface area contributed by atoms with Gasteiger partial charge in [-0.15, -0.1) is 0 Å². The van der Waals surface area contributed by atoms with Gasteiger partial charge in [0.1, 0.15) is 0 Å². The lowest BCUT2D eigenvalue weighted by molar-refractivity contribution is -0.384. The SMILES string of the molecule is Cc1cc([N+](=O)[O-])ccc1NC(=O)CCCn1nc(-c2ccncc2)ccc1=O. The van der Waals surface area contributed by atoms with Crippen molar-refractivity contribution in [1.29, 1.82) is 0 Å². The van der Waals surface area contributed by atoms with E-state index in [0.717, 1.165) is 5.56 Å². The Balaban J connectivity index is 1.59. The van der Waals surface area contributed by atoms with Crippen LogP contribution in [-0.2, 0) is 11.3 Å². The molecular formula is C20H19N5O4. The molecule has 0 fully saturated rings. The van der Waals surface area contributed by atoms with Crippen LogP contribution in [0.3, 0.4) is 0 Å². The number of non-ortho nitro benzene ring substituents is 1. The zero-order valence-electron chi connectivity index (χ0n) is 15.7. The van der Waals surface area contributed by atoms with Gasteiger partial charge in [-0.3, -0.25) is 24.7 Å². The Morgan fingerprint density at radius 1 is 1.17 bits per heavy atom. The van der Waals surface area contributed by atoms with E-state index in [1.165, 1.54) is 28.9 Å². The maximum Gasteiger partial charge on any atom is 0.269 e. The first-order valence-electron chi connectivity index (χ1n) is 8.97. The predicted molar refractivity (Wildman–Crippen MR) is 107 cm³/mol. The van der Waals surface area contributed by atoms with Crippen molar-refractivity contribution >= 4 is 17.3 Å². The number of hydrogen-bond donors (Lipinski definition) is 1. The summed E-state index contributed by atoms with van der Waals surface area (Å²) in [5, 5.41) is 17.9. The van der Waals surface area contributed by atoms with Crippen molar-refractivity contribution in [3.63, 3.8) is 0 Å². The third kappa shape index (κ3) is 5.10. The molecule has 1 aromatic carbocycles. The molecule has 0 unspecified atom stereocenters. The lowest BCUT2D eigenvalue weighted by Crippen LogP contribution is -2.23. The molecule has 3 rings (SSSR count). The van der Waals surface area contributed by atoms with Crippen molar-refractivity contribution in [2.24, 2.45) is 0 Å². The van der Waals surface area contributed by atoms with Crippen molar-refractivity contribution in [2.45, 2.75) is 26.3 Å². The third-order valence-corrected chi connectivity index (χ3v) is 4.31. The van der Waals surface area contributed by atoms with Gasteiger partial charge in [0.2, 0.25) is 5.91 Å². The van der Waals surface area contributed by atoms with E-state index in [4.69, 9.17) is 0 Å². The highest BCUT2D eigenvalue weighted by atomic mass is 16.6. The Hall–Kier alpha value is -3.88. The number of benzene rings is 1. The van der Waals surface area contributed by atoms with E-state index in [1.807, 2.05) is 0 Å². The molecule has 0 spiro atoms. The molecule has 2 aromatic heterocycles. The zero-order chi connectivity index (χ0) is 20.8. The second-order valence-corrected chi connectivity index (χ2v) is 6.42. The van der Waals surface area contributed by atoms with Crippen LogP contribution in [0, 0.1) is 17.0 Å². The van der Waals surface area contributed by atoms with Crippen molar-refractivity contribution < 1.29 is 9.72 Å². The van der Waals surface area contributed by atoms with Gasteiger partial charge in [0.15, 0.2) is 0 Å². The smallest absolute Gasteiger partial charge is 0.269 e. The van der Waals surface area contributed by atoms with E-state index in [2.05, 4.69) is 15.4 Å². The lowest BCUT2D eigenvalue weighted by atomic mass is 10.1. The van der Waals surface area contributed by atoms with Gasteiger partial charge in [0.25, 0.3) is 11.2 Å². The minimum atomic E-state index is -0.483. The molecule has 0 aliphatic carbocycles. The fraction of sp³-hybridized carbons (Fsp3) is 0.200. The van der Waals surface area contributed by atoms with Crippen LogP contribution < -0.4 is 10.9 Å². The highest BCUT2D eigenvalue weighted by Crippen LogP contribution is 2.21. The van der Waals surface area contributed by atoms with Crippen molar-refractivity contribution in [2.75, 3.05) is 5.32 Å². The van der Waals surface area contributed by atoms with Crippen LogP contribution in [0.5, 0.6) is 0 Å². The molecule has 2 heterocycles. The van der Waals surface area contributed by atoms with Gasteiger partial charge in [-0.2, -0.15) is 5.10 Å². The largest absolute Gasteiger partial charge is 0.326 e. The van der Waals surface area contributed by atoms with E-state index >= 15 is 0 Å². The molecule has 0 saturated heterocycles. The van der Waals surface area contributed by atoms with Crippen LogP contribution in [0.1, 0.15) is 18.4 Å². The fourth-order valence-corrected chi connectivity index (χ4v) is 2.79. The van der Waals surface area contributed by atoms with Crippen molar-refractivity contribution in [3.05, 3.63) is 80.9 Å². The number of carbonyl (C=O) groups excluding carboxylic acids is 1. The highest BCUT2D eigenvalue weighted by Gasteiger charge is 2.11. The first-order valence-corrected chi connectivity index (χ1v) is 8.97. The average molecular weight is 393 g/mol. The lowest BCUT2D eigenvalue weighted by Gasteiger charge is -2.09. The van der Waals surface area contributed by atoms with Gasteiger partial charge in [-0.25, -0.2) is 4.68 Å². The van der Waals surface area contributed by atoms with E-state index in [1.54, 1.807) is 37.5 Å². The number of amides is 1. The Morgan fingerprint density at radius 2 is 1.93 bits per heavy atom. The second-order valence-electron chi connectivity index (χ2n) is 6.42. The third-order valence-electron chi connectivity index (χ3n) is 4.31. The number of aromatic nitrogens is 3. The molecule has 3 aromatic rings. The van der Waals surface area contributed by atoms with E-state index in [9.17, 15) is 19.7 Å². The summed E-state index contributed by atoms with van der Waals surface area (Å²) >= 11 is 0. The summed E-state index contributed by atoms with van der Waals surface area (Å²) in [5.41, 5.74) is 2.36. The number of hydrogen-bond acceptors (Lipinski definition) is 6. The van der Waals surface area contributed by atoms with Crippen LogP contribution in [0.2, 0.25) is 0 Å². The number of rotatable bonds is 7. The first kappa shape index (κ1) is 19.9. The van der Waals surface area contributed by atoms with E-state index < -0.39 is 4.92 Å². The topological polar surface area (TPSA) is 120 Å². The van der Waals surface area contributed by atoms with Gasteiger partial charge >= 0.3 is 0 Å². The van der Waals surface area contributed by atoms with E-state index in [0.29, 0.717) is 29.9 Å². The molecule has 0 aliphatic rings. The molecule has 1 amide bonds. The summed E-state index contributed by atoms with van der Waals surface area (Å²) in [5.74, 6) is -0.236. The van der Waals surface area contributed by atoms with Crippen LogP contribution in [-0.4, -0.2) is 25.6 Å².